The second-order valence-electron chi connectivity index (χ2n) is 6.49. The van der Waals surface area contributed by atoms with Crippen molar-refractivity contribution in [2.45, 2.75) is 26.1 Å². The lowest BCUT2D eigenvalue weighted by molar-refractivity contribution is -0.908. The maximum atomic E-state index is 12.1. The monoisotopic (exact) mass is 387 g/mol. The van der Waals surface area contributed by atoms with Gasteiger partial charge in [-0.3, -0.25) is 10.1 Å². The number of hydrogen-bond acceptors (Lipinski definition) is 5. The molecule has 2 aromatic carbocycles. The Morgan fingerprint density at radius 3 is 2.39 bits per heavy atom. The van der Waals surface area contributed by atoms with Crippen LogP contribution < -0.4 is 19.7 Å². The lowest BCUT2D eigenvalue weighted by atomic mass is 10.1. The van der Waals surface area contributed by atoms with Gasteiger partial charge in [0, 0.05) is 5.56 Å². The van der Waals surface area contributed by atoms with E-state index in [-0.39, 0.29) is 5.91 Å². The Balaban J connectivity index is 2.00. The summed E-state index contributed by atoms with van der Waals surface area (Å²) >= 11 is 0. The number of carbonyl (C=O) groups is 2. The van der Waals surface area contributed by atoms with Crippen LogP contribution in [0.1, 0.15) is 18.1 Å². The molecule has 2 rings (SSSR count). The van der Waals surface area contributed by atoms with E-state index in [1.165, 1.54) is 7.11 Å². The van der Waals surface area contributed by atoms with Crippen molar-refractivity contribution >= 4 is 12.0 Å². The third kappa shape index (κ3) is 5.99. The van der Waals surface area contributed by atoms with Crippen molar-refractivity contribution in [2.75, 3.05) is 21.3 Å². The Hall–Kier alpha value is -3.06. The third-order valence-corrected chi connectivity index (χ3v) is 4.49. The molecule has 28 heavy (non-hydrogen) atoms. The topological polar surface area (TPSA) is 78.3 Å². The average molecular weight is 387 g/mol. The Kier molecular flexibility index (Phi) is 7.83. The summed E-state index contributed by atoms with van der Waals surface area (Å²) in [5.74, 6) is 0.899. The van der Waals surface area contributed by atoms with Crippen LogP contribution in [0, 0.1) is 0 Å². The van der Waals surface area contributed by atoms with E-state index in [4.69, 9.17) is 9.47 Å². The lowest BCUT2D eigenvalue weighted by Gasteiger charge is -2.21. The van der Waals surface area contributed by atoms with E-state index >= 15 is 0 Å². The fraction of sp³-hybridized carbons (Fsp3) is 0.333. The van der Waals surface area contributed by atoms with Crippen molar-refractivity contribution in [1.82, 2.24) is 5.32 Å². The predicted molar refractivity (Wildman–Crippen MR) is 104 cm³/mol. The number of ether oxygens (including phenoxy) is 3. The maximum Gasteiger partial charge on any atom is 0.413 e. The van der Waals surface area contributed by atoms with Crippen LogP contribution in [0.4, 0.5) is 4.79 Å². The zero-order valence-corrected chi connectivity index (χ0v) is 16.7. The number of nitrogens with one attached hydrogen (secondary N) is 2. The Morgan fingerprint density at radius 1 is 1.04 bits per heavy atom. The van der Waals surface area contributed by atoms with E-state index < -0.39 is 12.1 Å². The van der Waals surface area contributed by atoms with Crippen molar-refractivity contribution in [3.05, 3.63) is 59.7 Å². The van der Waals surface area contributed by atoms with Crippen molar-refractivity contribution in [1.29, 1.82) is 0 Å². The van der Waals surface area contributed by atoms with Crippen LogP contribution in [0.25, 0.3) is 0 Å². The second-order valence-corrected chi connectivity index (χ2v) is 6.49. The second kappa shape index (κ2) is 10.3. The molecule has 0 fully saturated rings. The van der Waals surface area contributed by atoms with Gasteiger partial charge in [-0.2, -0.15) is 0 Å². The molecule has 0 aliphatic heterocycles. The summed E-state index contributed by atoms with van der Waals surface area (Å²) in [6, 6.07) is 15.2. The van der Waals surface area contributed by atoms with Gasteiger partial charge < -0.3 is 19.1 Å². The Labute approximate surface area is 165 Å². The third-order valence-electron chi connectivity index (χ3n) is 4.49. The molecule has 2 aromatic rings. The highest BCUT2D eigenvalue weighted by Crippen LogP contribution is 2.28. The lowest BCUT2D eigenvalue weighted by Crippen LogP contribution is -3.12. The molecule has 2 atom stereocenters. The standard InChI is InChI=1S/C21H26N2O5/c1-15(20(24)22-21(25)27-4)23(2)13-17-10-11-18(19(12-17)26-3)28-14-16-8-6-5-7-9-16/h5-12,15H,13-14H2,1-4H3,(H,22,24,25)/p+1/t15-/m1/s1. The fourth-order valence-electron chi connectivity index (χ4n) is 2.64. The Bertz CT molecular complexity index is 795. The SMILES string of the molecule is COC(=O)NC(=O)[C@@H](C)[NH+](C)Cc1ccc(OCc2ccccc2)c(OC)c1. The van der Waals surface area contributed by atoms with Gasteiger partial charge in [-0.15, -0.1) is 0 Å². The first-order valence-corrected chi connectivity index (χ1v) is 8.99. The van der Waals surface area contributed by atoms with E-state index in [1.54, 1.807) is 14.0 Å². The molecule has 0 spiro atoms. The molecule has 0 radical (unpaired) electrons. The van der Waals surface area contributed by atoms with Crippen LogP contribution in [0.15, 0.2) is 48.5 Å². The molecular weight excluding hydrogens is 360 g/mol. The molecule has 2 N–H and O–H groups in total. The summed E-state index contributed by atoms with van der Waals surface area (Å²) < 4.78 is 15.8. The number of benzene rings is 2. The molecule has 7 nitrogen and oxygen atoms in total. The zero-order valence-electron chi connectivity index (χ0n) is 16.7. The zero-order chi connectivity index (χ0) is 20.5. The molecule has 150 valence electrons. The van der Waals surface area contributed by atoms with E-state index in [0.29, 0.717) is 24.7 Å². The van der Waals surface area contributed by atoms with Crippen molar-refractivity contribution in [3.63, 3.8) is 0 Å². The first kappa shape index (κ1) is 21.2. The summed E-state index contributed by atoms with van der Waals surface area (Å²) in [6.07, 6.45) is -0.758. The van der Waals surface area contributed by atoms with Crippen LogP contribution in [-0.4, -0.2) is 39.3 Å². The van der Waals surface area contributed by atoms with Crippen LogP contribution >= 0.6 is 0 Å². The van der Waals surface area contributed by atoms with Gasteiger partial charge in [0.15, 0.2) is 17.5 Å². The number of imide groups is 1. The largest absolute Gasteiger partial charge is 0.493 e. The van der Waals surface area contributed by atoms with Gasteiger partial charge in [-0.05, 0) is 30.7 Å². The van der Waals surface area contributed by atoms with Gasteiger partial charge in [-0.25, -0.2) is 4.79 Å². The van der Waals surface area contributed by atoms with E-state index in [2.05, 4.69) is 10.1 Å². The number of carbonyl (C=O) groups excluding carboxylic acids is 2. The number of likely N-dealkylation sites (N-methyl/N-ethyl adjacent to an activating group) is 1. The molecule has 0 bridgehead atoms. The molecule has 0 heterocycles. The van der Waals surface area contributed by atoms with E-state index in [9.17, 15) is 9.59 Å². The minimum absolute atomic E-state index is 0.390. The predicted octanol–water partition coefficient (Wildman–Crippen LogP) is 1.56. The van der Waals surface area contributed by atoms with Crippen LogP contribution in [0.5, 0.6) is 11.5 Å². The molecular formula is C21H27N2O5+. The maximum absolute atomic E-state index is 12.1. The molecule has 0 saturated heterocycles. The summed E-state index contributed by atoms with van der Waals surface area (Å²) in [7, 11) is 4.70. The number of quaternary nitrogens is 1. The van der Waals surface area contributed by atoms with Crippen molar-refractivity contribution < 1.29 is 28.7 Å². The average Bonchev–Trinajstić information content (AvgIpc) is 2.72. The Morgan fingerprint density at radius 2 is 1.75 bits per heavy atom. The van der Waals surface area contributed by atoms with Gasteiger partial charge in [0.25, 0.3) is 5.91 Å². The van der Waals surface area contributed by atoms with Gasteiger partial charge >= 0.3 is 6.09 Å². The molecule has 7 heteroatoms. The molecule has 0 aromatic heterocycles. The number of rotatable bonds is 8. The van der Waals surface area contributed by atoms with Crippen LogP contribution in [0.2, 0.25) is 0 Å². The van der Waals surface area contributed by atoms with E-state index in [0.717, 1.165) is 16.0 Å². The van der Waals surface area contributed by atoms with E-state index in [1.807, 2.05) is 55.6 Å². The normalized spacial score (nSPS) is 12.6. The number of amides is 2. The number of alkyl carbamates (subject to hydrolysis) is 1. The molecule has 1 unspecified atom stereocenters. The first-order chi connectivity index (χ1) is 13.4. The van der Waals surface area contributed by atoms with Crippen LogP contribution in [0.3, 0.4) is 0 Å². The minimum Gasteiger partial charge on any atom is -0.493 e. The van der Waals surface area contributed by atoms with Crippen molar-refractivity contribution in [2.24, 2.45) is 0 Å². The van der Waals surface area contributed by atoms with Gasteiger partial charge in [-0.1, -0.05) is 30.3 Å². The fourth-order valence-corrected chi connectivity index (χ4v) is 2.64. The van der Waals surface area contributed by atoms with Crippen molar-refractivity contribution in [3.8, 4) is 11.5 Å². The summed E-state index contributed by atoms with van der Waals surface area (Å²) in [6.45, 7) is 2.78. The quantitative estimate of drug-likeness (QED) is 0.719. The molecule has 0 aliphatic carbocycles. The smallest absolute Gasteiger partial charge is 0.413 e. The van der Waals surface area contributed by atoms with Gasteiger partial charge in [0.05, 0.1) is 21.3 Å². The molecule has 0 saturated carbocycles. The highest BCUT2D eigenvalue weighted by Gasteiger charge is 2.24. The molecule has 2 amide bonds. The van der Waals surface area contributed by atoms with Crippen LogP contribution in [-0.2, 0) is 22.7 Å². The summed E-state index contributed by atoms with van der Waals surface area (Å²) in [5.41, 5.74) is 2.06. The highest BCUT2D eigenvalue weighted by molar-refractivity contribution is 5.93. The summed E-state index contributed by atoms with van der Waals surface area (Å²) in [5, 5.41) is 2.19. The minimum atomic E-state index is -0.758. The van der Waals surface area contributed by atoms with Gasteiger partial charge in [0.1, 0.15) is 13.2 Å². The number of methoxy groups -OCH3 is 2. The number of hydrogen-bond donors (Lipinski definition) is 2. The summed E-state index contributed by atoms with van der Waals surface area (Å²) in [4.78, 5) is 24.2. The van der Waals surface area contributed by atoms with Gasteiger partial charge in [0.2, 0.25) is 0 Å². The molecule has 0 aliphatic rings. The first-order valence-electron chi connectivity index (χ1n) is 8.99. The highest BCUT2D eigenvalue weighted by atomic mass is 16.5.